The zero-order valence-corrected chi connectivity index (χ0v) is 11.9. The molecule has 0 saturated carbocycles. The maximum absolute atomic E-state index is 6.15. The van der Waals surface area contributed by atoms with Gasteiger partial charge >= 0.3 is 0 Å². The molecule has 1 aromatic carbocycles. The molecule has 1 atom stereocenters. The van der Waals surface area contributed by atoms with Crippen molar-refractivity contribution in [2.75, 3.05) is 0 Å². The minimum atomic E-state index is 0.412. The fraction of sp³-hybridized carbons (Fsp3) is 0.647. The van der Waals surface area contributed by atoms with E-state index < -0.39 is 0 Å². The van der Waals surface area contributed by atoms with Gasteiger partial charge in [0.05, 0.1) is 0 Å². The molecule has 18 heavy (non-hydrogen) atoms. The predicted octanol–water partition coefficient (Wildman–Crippen LogP) is 4.70. The van der Waals surface area contributed by atoms with Gasteiger partial charge < -0.3 is 5.73 Å². The van der Waals surface area contributed by atoms with Crippen LogP contribution < -0.4 is 5.73 Å². The molecule has 0 aliphatic rings. The third-order valence-electron chi connectivity index (χ3n) is 3.56. The zero-order chi connectivity index (χ0) is 13.1. The van der Waals surface area contributed by atoms with Crippen LogP contribution in [0.15, 0.2) is 30.3 Å². The van der Waals surface area contributed by atoms with Crippen molar-refractivity contribution in [3.8, 4) is 0 Å². The molecule has 1 aromatic rings. The van der Waals surface area contributed by atoms with Gasteiger partial charge in [-0.15, -0.1) is 0 Å². The molecule has 2 N–H and O–H groups in total. The van der Waals surface area contributed by atoms with Crippen LogP contribution in [0.2, 0.25) is 0 Å². The molecule has 0 spiro atoms. The monoisotopic (exact) mass is 247 g/mol. The second kappa shape index (κ2) is 10.1. The maximum Gasteiger partial charge on any atom is 0.00389 e. The van der Waals surface area contributed by atoms with Crippen molar-refractivity contribution in [3.05, 3.63) is 35.9 Å². The molecule has 0 aliphatic heterocycles. The molecule has 0 radical (unpaired) electrons. The highest BCUT2D eigenvalue weighted by Gasteiger charge is 2.02. The number of hydrogen-bond donors (Lipinski definition) is 1. The van der Waals surface area contributed by atoms with Gasteiger partial charge in [-0.2, -0.15) is 0 Å². The fourth-order valence-electron chi connectivity index (χ4n) is 2.37. The summed E-state index contributed by atoms with van der Waals surface area (Å²) in [7, 11) is 0. The molecular formula is C17H29N. The van der Waals surface area contributed by atoms with Crippen molar-refractivity contribution in [2.45, 2.75) is 70.8 Å². The summed E-state index contributed by atoms with van der Waals surface area (Å²) in [5.74, 6) is 0. The van der Waals surface area contributed by atoms with Gasteiger partial charge in [-0.05, 0) is 31.2 Å². The second-order valence-electron chi connectivity index (χ2n) is 5.34. The van der Waals surface area contributed by atoms with Crippen LogP contribution in [0.1, 0.15) is 63.9 Å². The van der Waals surface area contributed by atoms with Gasteiger partial charge in [-0.1, -0.05) is 69.4 Å². The summed E-state index contributed by atoms with van der Waals surface area (Å²) >= 11 is 0. The van der Waals surface area contributed by atoms with Crippen LogP contribution in [0.25, 0.3) is 0 Å². The van der Waals surface area contributed by atoms with E-state index >= 15 is 0 Å². The summed E-state index contributed by atoms with van der Waals surface area (Å²) in [6.45, 7) is 2.26. The predicted molar refractivity (Wildman–Crippen MR) is 80.7 cm³/mol. The van der Waals surface area contributed by atoms with E-state index in [1.165, 1.54) is 63.4 Å². The third kappa shape index (κ3) is 7.50. The molecule has 0 fully saturated rings. The molecule has 0 amide bonds. The number of rotatable bonds is 10. The topological polar surface area (TPSA) is 26.0 Å². The highest BCUT2D eigenvalue weighted by Crippen LogP contribution is 2.11. The van der Waals surface area contributed by atoms with Crippen LogP contribution >= 0.6 is 0 Å². The Bertz CT molecular complexity index is 281. The van der Waals surface area contributed by atoms with Crippen LogP contribution in [-0.2, 0) is 6.42 Å². The smallest absolute Gasteiger partial charge is 0.00389 e. The number of nitrogens with two attached hydrogens (primary N) is 1. The molecule has 1 nitrogen and oxygen atoms in total. The number of hydrogen-bond acceptors (Lipinski definition) is 1. The fourth-order valence-corrected chi connectivity index (χ4v) is 2.37. The first-order valence-electron chi connectivity index (χ1n) is 7.62. The van der Waals surface area contributed by atoms with E-state index in [1.54, 1.807) is 0 Å². The molecule has 0 bridgehead atoms. The zero-order valence-electron chi connectivity index (χ0n) is 11.9. The summed E-state index contributed by atoms with van der Waals surface area (Å²) in [5.41, 5.74) is 7.59. The summed E-state index contributed by atoms with van der Waals surface area (Å²) < 4.78 is 0. The Morgan fingerprint density at radius 2 is 1.56 bits per heavy atom. The number of aryl methyl sites for hydroxylation is 1. The first-order chi connectivity index (χ1) is 8.83. The van der Waals surface area contributed by atoms with Crippen molar-refractivity contribution in [3.63, 3.8) is 0 Å². The quantitative estimate of drug-likeness (QED) is 0.596. The minimum Gasteiger partial charge on any atom is -0.328 e. The Hall–Kier alpha value is -0.820. The molecule has 0 aromatic heterocycles. The molecule has 0 aliphatic carbocycles. The van der Waals surface area contributed by atoms with Crippen molar-refractivity contribution in [1.29, 1.82) is 0 Å². The summed E-state index contributed by atoms with van der Waals surface area (Å²) in [6, 6.07) is 11.1. The minimum absolute atomic E-state index is 0.412. The highest BCUT2D eigenvalue weighted by molar-refractivity contribution is 5.14. The van der Waals surface area contributed by atoms with Crippen LogP contribution in [-0.4, -0.2) is 6.04 Å². The number of benzene rings is 1. The van der Waals surface area contributed by atoms with Crippen molar-refractivity contribution >= 4 is 0 Å². The Balaban J connectivity index is 1.98. The van der Waals surface area contributed by atoms with Gasteiger partial charge in [0.25, 0.3) is 0 Å². The molecule has 0 saturated heterocycles. The van der Waals surface area contributed by atoms with Gasteiger partial charge in [0, 0.05) is 6.04 Å². The third-order valence-corrected chi connectivity index (χ3v) is 3.56. The lowest BCUT2D eigenvalue weighted by Gasteiger charge is -2.11. The van der Waals surface area contributed by atoms with E-state index in [-0.39, 0.29) is 0 Å². The van der Waals surface area contributed by atoms with Gasteiger partial charge in [-0.25, -0.2) is 0 Å². The molecule has 0 heterocycles. The lowest BCUT2D eigenvalue weighted by Crippen LogP contribution is -2.19. The van der Waals surface area contributed by atoms with Gasteiger partial charge in [0.1, 0.15) is 0 Å². The van der Waals surface area contributed by atoms with E-state index in [4.69, 9.17) is 5.73 Å². The van der Waals surface area contributed by atoms with Crippen molar-refractivity contribution in [2.24, 2.45) is 5.73 Å². The Labute approximate surface area is 113 Å². The van der Waals surface area contributed by atoms with Crippen molar-refractivity contribution in [1.82, 2.24) is 0 Å². The summed E-state index contributed by atoms with van der Waals surface area (Å²) in [6.07, 6.45) is 11.5. The van der Waals surface area contributed by atoms with Crippen LogP contribution in [0, 0.1) is 0 Å². The van der Waals surface area contributed by atoms with Gasteiger partial charge in [-0.3, -0.25) is 0 Å². The molecule has 1 unspecified atom stereocenters. The summed E-state index contributed by atoms with van der Waals surface area (Å²) in [4.78, 5) is 0. The summed E-state index contributed by atoms with van der Waals surface area (Å²) in [5, 5.41) is 0. The Morgan fingerprint density at radius 3 is 2.28 bits per heavy atom. The largest absolute Gasteiger partial charge is 0.328 e. The molecular weight excluding hydrogens is 218 g/mol. The first-order valence-corrected chi connectivity index (χ1v) is 7.62. The molecule has 102 valence electrons. The maximum atomic E-state index is 6.15. The lowest BCUT2D eigenvalue weighted by molar-refractivity contribution is 0.503. The molecule has 1 heteroatoms. The van der Waals surface area contributed by atoms with E-state index in [1.807, 2.05) is 0 Å². The average molecular weight is 247 g/mol. The SMILES string of the molecule is CCCCCCCC(N)CCCc1ccccc1. The second-order valence-corrected chi connectivity index (χ2v) is 5.34. The van der Waals surface area contributed by atoms with E-state index in [2.05, 4.69) is 37.3 Å². The van der Waals surface area contributed by atoms with Gasteiger partial charge in [0.2, 0.25) is 0 Å². The van der Waals surface area contributed by atoms with Crippen molar-refractivity contribution < 1.29 is 0 Å². The van der Waals surface area contributed by atoms with E-state index in [0.29, 0.717) is 6.04 Å². The normalized spacial score (nSPS) is 12.6. The van der Waals surface area contributed by atoms with Crippen LogP contribution in [0.4, 0.5) is 0 Å². The average Bonchev–Trinajstić information content (AvgIpc) is 2.40. The standard InChI is InChI=1S/C17H29N/c1-2-3-4-5-9-14-17(18)15-10-13-16-11-7-6-8-12-16/h6-8,11-12,17H,2-5,9-10,13-15,18H2,1H3. The Morgan fingerprint density at radius 1 is 0.889 bits per heavy atom. The first kappa shape index (κ1) is 15.2. The van der Waals surface area contributed by atoms with Gasteiger partial charge in [0.15, 0.2) is 0 Å². The lowest BCUT2D eigenvalue weighted by atomic mass is 10.0. The van der Waals surface area contributed by atoms with Crippen LogP contribution in [0.5, 0.6) is 0 Å². The van der Waals surface area contributed by atoms with Crippen LogP contribution in [0.3, 0.4) is 0 Å². The highest BCUT2D eigenvalue weighted by atomic mass is 14.6. The van der Waals surface area contributed by atoms with E-state index in [0.717, 1.165) is 0 Å². The molecule has 1 rings (SSSR count). The number of unbranched alkanes of at least 4 members (excludes halogenated alkanes) is 4. The Kier molecular flexibility index (Phi) is 8.58. The van der Waals surface area contributed by atoms with E-state index in [9.17, 15) is 0 Å².